The average Bonchev–Trinajstić information content (AvgIpc) is 3.06. The first kappa shape index (κ1) is 14.4. The van der Waals surface area contributed by atoms with E-state index in [2.05, 4.69) is 19.2 Å². The van der Waals surface area contributed by atoms with E-state index in [4.69, 9.17) is 0 Å². The van der Waals surface area contributed by atoms with Crippen molar-refractivity contribution in [2.75, 3.05) is 0 Å². The summed E-state index contributed by atoms with van der Waals surface area (Å²) in [6, 6.07) is -0.347. The largest absolute Gasteiger partial charge is 0.342 e. The fourth-order valence-corrected chi connectivity index (χ4v) is 3.03. The van der Waals surface area contributed by atoms with Gasteiger partial charge in [0.25, 0.3) is 0 Å². The summed E-state index contributed by atoms with van der Waals surface area (Å²) in [5, 5.41) is 2.95. The number of hydrogen-bond acceptors (Lipinski definition) is 2. The van der Waals surface area contributed by atoms with Crippen LogP contribution in [0, 0.1) is 17.8 Å². The maximum Gasteiger partial charge on any atom is 0.246 e. The molecule has 0 radical (unpaired) electrons. The van der Waals surface area contributed by atoms with Crippen molar-refractivity contribution in [3.63, 3.8) is 0 Å². The molecule has 0 aromatic rings. The third kappa shape index (κ3) is 2.49. The van der Waals surface area contributed by atoms with Gasteiger partial charge in [-0.3, -0.25) is 9.59 Å². The van der Waals surface area contributed by atoms with Gasteiger partial charge in [0, 0.05) is 6.04 Å². The summed E-state index contributed by atoms with van der Waals surface area (Å²) in [6.45, 7) is 10.3. The second-order valence-corrected chi connectivity index (χ2v) is 6.59. The number of rotatable bonds is 4. The summed E-state index contributed by atoms with van der Waals surface area (Å²) in [7, 11) is 0. The van der Waals surface area contributed by atoms with Crippen molar-refractivity contribution >= 4 is 11.8 Å². The molecular weight excluding hydrogens is 240 g/mol. The highest BCUT2D eigenvalue weighted by atomic mass is 16.2. The molecule has 1 N–H and O–H groups in total. The standard InChI is InChI=1S/C15H26N2O2/c1-6-9(4)12-15(19)17(11-7-10(11)5)13(8(2)3)14(18)16-12/h8-13H,6-7H2,1-5H3,(H,16,18). The first-order valence-electron chi connectivity index (χ1n) is 7.51. The molecule has 0 bridgehead atoms. The zero-order valence-corrected chi connectivity index (χ0v) is 12.6. The number of carbonyl (C=O) groups excluding carboxylic acids is 2. The lowest BCUT2D eigenvalue weighted by Crippen LogP contribution is -2.67. The first-order chi connectivity index (χ1) is 8.88. The summed E-state index contributed by atoms with van der Waals surface area (Å²) >= 11 is 0. The Kier molecular flexibility index (Phi) is 3.88. The van der Waals surface area contributed by atoms with Crippen LogP contribution in [0.15, 0.2) is 0 Å². The molecule has 1 saturated heterocycles. The van der Waals surface area contributed by atoms with Gasteiger partial charge < -0.3 is 10.2 Å². The van der Waals surface area contributed by atoms with Gasteiger partial charge in [0.15, 0.2) is 0 Å². The summed E-state index contributed by atoms with van der Waals surface area (Å²) in [5.74, 6) is 1.05. The maximum atomic E-state index is 12.7. The fraction of sp³-hybridized carbons (Fsp3) is 0.867. The summed E-state index contributed by atoms with van der Waals surface area (Å²) in [5.41, 5.74) is 0. The molecule has 0 aromatic carbocycles. The maximum absolute atomic E-state index is 12.7. The highest BCUT2D eigenvalue weighted by Crippen LogP contribution is 2.39. The molecule has 5 unspecified atom stereocenters. The lowest BCUT2D eigenvalue weighted by molar-refractivity contribution is -0.153. The molecule has 4 nitrogen and oxygen atoms in total. The molecule has 2 fully saturated rings. The summed E-state index contributed by atoms with van der Waals surface area (Å²) in [6.07, 6.45) is 1.94. The Bertz CT molecular complexity index is 380. The van der Waals surface area contributed by atoms with E-state index < -0.39 is 0 Å². The lowest BCUT2D eigenvalue weighted by Gasteiger charge is -2.43. The summed E-state index contributed by atoms with van der Waals surface area (Å²) < 4.78 is 0. The van der Waals surface area contributed by atoms with Crippen molar-refractivity contribution in [3.8, 4) is 0 Å². The Morgan fingerprint density at radius 1 is 1.32 bits per heavy atom. The van der Waals surface area contributed by atoms with Gasteiger partial charge in [-0.25, -0.2) is 0 Å². The van der Waals surface area contributed by atoms with E-state index in [0.29, 0.717) is 5.92 Å². The molecule has 2 rings (SSSR count). The number of piperazine rings is 1. The minimum absolute atomic E-state index is 0.0269. The van der Waals surface area contributed by atoms with Crippen LogP contribution < -0.4 is 5.32 Å². The SMILES string of the molecule is CCC(C)C1NC(=O)C(C(C)C)N(C2CC2C)C1=O. The number of nitrogens with zero attached hydrogens (tertiary/aromatic N) is 1. The van der Waals surface area contributed by atoms with Crippen LogP contribution in [-0.2, 0) is 9.59 Å². The predicted molar refractivity (Wildman–Crippen MR) is 74.4 cm³/mol. The average molecular weight is 266 g/mol. The Morgan fingerprint density at radius 3 is 2.32 bits per heavy atom. The molecule has 1 aliphatic carbocycles. The Hall–Kier alpha value is -1.06. The number of nitrogens with one attached hydrogen (secondary N) is 1. The van der Waals surface area contributed by atoms with Crippen LogP contribution in [0.4, 0.5) is 0 Å². The second kappa shape index (κ2) is 5.14. The van der Waals surface area contributed by atoms with E-state index in [1.54, 1.807) is 0 Å². The first-order valence-corrected chi connectivity index (χ1v) is 7.51. The quantitative estimate of drug-likeness (QED) is 0.843. The molecular formula is C15H26N2O2. The third-order valence-electron chi connectivity index (χ3n) is 4.66. The van der Waals surface area contributed by atoms with E-state index >= 15 is 0 Å². The molecule has 2 amide bonds. The van der Waals surface area contributed by atoms with Gasteiger partial charge in [-0.15, -0.1) is 0 Å². The molecule has 0 spiro atoms. The van der Waals surface area contributed by atoms with Gasteiger partial charge in [0.2, 0.25) is 11.8 Å². The van der Waals surface area contributed by atoms with Crippen molar-refractivity contribution in [1.82, 2.24) is 10.2 Å². The van der Waals surface area contributed by atoms with Crippen molar-refractivity contribution < 1.29 is 9.59 Å². The molecule has 5 atom stereocenters. The van der Waals surface area contributed by atoms with Crippen molar-refractivity contribution in [2.24, 2.45) is 17.8 Å². The van der Waals surface area contributed by atoms with Crippen LogP contribution in [0.2, 0.25) is 0 Å². The molecule has 1 saturated carbocycles. The normalized spacial score (nSPS) is 36.4. The van der Waals surface area contributed by atoms with Crippen LogP contribution in [-0.4, -0.2) is 34.8 Å². The van der Waals surface area contributed by atoms with E-state index in [9.17, 15) is 9.59 Å². The number of carbonyl (C=O) groups is 2. The highest BCUT2D eigenvalue weighted by molar-refractivity contribution is 5.97. The fourth-order valence-electron chi connectivity index (χ4n) is 3.03. The highest BCUT2D eigenvalue weighted by Gasteiger charge is 2.51. The Labute approximate surface area is 115 Å². The molecule has 0 aromatic heterocycles. The van der Waals surface area contributed by atoms with Crippen molar-refractivity contribution in [3.05, 3.63) is 0 Å². The number of hydrogen-bond donors (Lipinski definition) is 1. The van der Waals surface area contributed by atoms with Gasteiger partial charge in [0.05, 0.1) is 0 Å². The van der Waals surface area contributed by atoms with Crippen LogP contribution >= 0.6 is 0 Å². The lowest BCUT2D eigenvalue weighted by atomic mass is 9.90. The van der Waals surface area contributed by atoms with Crippen LogP contribution in [0.3, 0.4) is 0 Å². The molecule has 4 heteroatoms. The Balaban J connectivity index is 2.26. The third-order valence-corrected chi connectivity index (χ3v) is 4.66. The predicted octanol–water partition coefficient (Wildman–Crippen LogP) is 1.79. The topological polar surface area (TPSA) is 49.4 Å². The van der Waals surface area contributed by atoms with Gasteiger partial charge in [-0.1, -0.05) is 41.0 Å². The van der Waals surface area contributed by atoms with E-state index in [-0.39, 0.29) is 41.8 Å². The molecule has 19 heavy (non-hydrogen) atoms. The smallest absolute Gasteiger partial charge is 0.246 e. The van der Waals surface area contributed by atoms with E-state index in [0.717, 1.165) is 12.8 Å². The van der Waals surface area contributed by atoms with E-state index in [1.807, 2.05) is 25.7 Å². The van der Waals surface area contributed by atoms with Crippen LogP contribution in [0.1, 0.15) is 47.5 Å². The summed E-state index contributed by atoms with van der Waals surface area (Å²) in [4.78, 5) is 27.0. The monoisotopic (exact) mass is 266 g/mol. The molecule has 108 valence electrons. The van der Waals surface area contributed by atoms with Gasteiger partial charge in [0.1, 0.15) is 12.1 Å². The van der Waals surface area contributed by atoms with Crippen molar-refractivity contribution in [2.45, 2.75) is 65.6 Å². The Morgan fingerprint density at radius 2 is 1.89 bits per heavy atom. The van der Waals surface area contributed by atoms with Crippen molar-refractivity contribution in [1.29, 1.82) is 0 Å². The zero-order valence-electron chi connectivity index (χ0n) is 12.6. The minimum Gasteiger partial charge on any atom is -0.342 e. The molecule has 1 aliphatic heterocycles. The van der Waals surface area contributed by atoms with Gasteiger partial charge in [-0.05, 0) is 24.2 Å². The zero-order chi connectivity index (χ0) is 14.3. The molecule has 2 aliphatic rings. The van der Waals surface area contributed by atoms with E-state index in [1.165, 1.54) is 0 Å². The van der Waals surface area contributed by atoms with Gasteiger partial charge >= 0.3 is 0 Å². The minimum atomic E-state index is -0.333. The second-order valence-electron chi connectivity index (χ2n) is 6.59. The van der Waals surface area contributed by atoms with Crippen LogP contribution in [0.5, 0.6) is 0 Å². The van der Waals surface area contributed by atoms with Gasteiger partial charge in [-0.2, -0.15) is 0 Å². The number of amides is 2. The van der Waals surface area contributed by atoms with Crippen LogP contribution in [0.25, 0.3) is 0 Å². The molecule has 1 heterocycles.